The third-order valence-electron chi connectivity index (χ3n) is 4.71. The second-order valence-corrected chi connectivity index (χ2v) is 6.98. The van der Waals surface area contributed by atoms with Gasteiger partial charge in [-0.1, -0.05) is 30.3 Å². The van der Waals surface area contributed by atoms with Gasteiger partial charge in [-0.15, -0.1) is 24.2 Å². The van der Waals surface area contributed by atoms with E-state index in [1.54, 1.807) is 11.8 Å². The number of piperazine rings is 1. The molecule has 0 aromatic heterocycles. The van der Waals surface area contributed by atoms with Crippen LogP contribution >= 0.6 is 24.2 Å². The van der Waals surface area contributed by atoms with Crippen molar-refractivity contribution in [2.75, 3.05) is 45.5 Å². The van der Waals surface area contributed by atoms with Crippen molar-refractivity contribution in [2.45, 2.75) is 17.7 Å². The maximum Gasteiger partial charge on any atom is 0.240 e. The molecule has 0 bridgehead atoms. The largest absolute Gasteiger partial charge is 0.340 e. The van der Waals surface area contributed by atoms with Crippen LogP contribution in [0.15, 0.2) is 30.3 Å². The van der Waals surface area contributed by atoms with Crippen LogP contribution in [-0.2, 0) is 4.79 Å². The molecule has 6 heteroatoms. The average molecular weight is 356 g/mol. The van der Waals surface area contributed by atoms with E-state index in [0.717, 1.165) is 51.3 Å². The predicted octanol–water partition coefficient (Wildman–Crippen LogP) is 2.02. The SMILES string of the molecule is CSC(C(=O)N1CCC(N2CCNCC2)C1)c1ccccc1.Cl. The summed E-state index contributed by atoms with van der Waals surface area (Å²) < 4.78 is 0. The van der Waals surface area contributed by atoms with Gasteiger partial charge in [-0.2, -0.15) is 0 Å². The molecule has 1 aromatic carbocycles. The zero-order chi connectivity index (χ0) is 15.4. The standard InChI is InChI=1S/C17H25N3OS.ClH/c1-22-16(14-5-3-2-4-6-14)17(21)20-10-7-15(13-20)19-11-8-18-9-12-19;/h2-6,15-16,18H,7-13H2,1H3;1H. The quantitative estimate of drug-likeness (QED) is 0.896. The van der Waals surface area contributed by atoms with Gasteiger partial charge in [-0.3, -0.25) is 9.69 Å². The van der Waals surface area contributed by atoms with Gasteiger partial charge < -0.3 is 10.2 Å². The summed E-state index contributed by atoms with van der Waals surface area (Å²) in [6.45, 7) is 6.15. The molecule has 3 rings (SSSR count). The zero-order valence-electron chi connectivity index (χ0n) is 13.6. The Morgan fingerprint density at radius 2 is 1.91 bits per heavy atom. The molecule has 2 fully saturated rings. The van der Waals surface area contributed by atoms with Gasteiger partial charge in [0.05, 0.1) is 0 Å². The first-order valence-corrected chi connectivity index (χ1v) is 9.39. The molecule has 0 radical (unpaired) electrons. The van der Waals surface area contributed by atoms with Crippen LogP contribution < -0.4 is 5.32 Å². The molecule has 0 spiro atoms. The van der Waals surface area contributed by atoms with Crippen LogP contribution in [0.3, 0.4) is 0 Å². The van der Waals surface area contributed by atoms with Crippen molar-refractivity contribution in [3.8, 4) is 0 Å². The molecule has 23 heavy (non-hydrogen) atoms. The molecule has 0 aliphatic carbocycles. The van der Waals surface area contributed by atoms with Crippen LogP contribution in [0.5, 0.6) is 0 Å². The van der Waals surface area contributed by atoms with Gasteiger partial charge in [0.1, 0.15) is 5.25 Å². The third-order valence-corrected chi connectivity index (χ3v) is 5.65. The van der Waals surface area contributed by atoms with E-state index in [9.17, 15) is 4.79 Å². The molecule has 2 aliphatic rings. The summed E-state index contributed by atoms with van der Waals surface area (Å²) in [5.74, 6) is 0.274. The zero-order valence-corrected chi connectivity index (χ0v) is 15.2. The van der Waals surface area contributed by atoms with Crippen molar-refractivity contribution < 1.29 is 4.79 Å². The molecular weight excluding hydrogens is 330 g/mol. The summed E-state index contributed by atoms with van der Waals surface area (Å²) in [6, 6.07) is 10.7. The molecule has 2 heterocycles. The maximum atomic E-state index is 12.9. The summed E-state index contributed by atoms with van der Waals surface area (Å²) in [5.41, 5.74) is 1.12. The Morgan fingerprint density at radius 3 is 2.57 bits per heavy atom. The molecule has 2 aliphatic heterocycles. The summed E-state index contributed by atoms with van der Waals surface area (Å²) in [7, 11) is 0. The third kappa shape index (κ3) is 4.41. The van der Waals surface area contributed by atoms with E-state index in [4.69, 9.17) is 0 Å². The number of amides is 1. The van der Waals surface area contributed by atoms with Crippen molar-refractivity contribution in [2.24, 2.45) is 0 Å². The van der Waals surface area contributed by atoms with E-state index >= 15 is 0 Å². The highest BCUT2D eigenvalue weighted by molar-refractivity contribution is 7.99. The lowest BCUT2D eigenvalue weighted by atomic mass is 10.1. The minimum Gasteiger partial charge on any atom is -0.340 e. The highest BCUT2D eigenvalue weighted by Crippen LogP contribution is 2.30. The van der Waals surface area contributed by atoms with Gasteiger partial charge in [0.15, 0.2) is 0 Å². The molecule has 2 atom stereocenters. The molecule has 0 saturated carbocycles. The number of hydrogen-bond donors (Lipinski definition) is 1. The van der Waals surface area contributed by atoms with Gasteiger partial charge in [0.25, 0.3) is 0 Å². The van der Waals surface area contributed by atoms with Crippen LogP contribution in [0.25, 0.3) is 0 Å². The second-order valence-electron chi connectivity index (χ2n) is 6.04. The van der Waals surface area contributed by atoms with Crippen molar-refractivity contribution in [3.05, 3.63) is 35.9 Å². The van der Waals surface area contributed by atoms with Gasteiger partial charge in [0, 0.05) is 45.3 Å². The van der Waals surface area contributed by atoms with E-state index in [0.29, 0.717) is 6.04 Å². The number of nitrogens with zero attached hydrogens (tertiary/aromatic N) is 2. The monoisotopic (exact) mass is 355 g/mol. The first-order valence-electron chi connectivity index (χ1n) is 8.11. The number of rotatable bonds is 4. The highest BCUT2D eigenvalue weighted by atomic mass is 35.5. The highest BCUT2D eigenvalue weighted by Gasteiger charge is 2.34. The summed E-state index contributed by atoms with van der Waals surface area (Å²) in [5, 5.41) is 3.33. The lowest BCUT2D eigenvalue weighted by Crippen LogP contribution is -2.49. The van der Waals surface area contributed by atoms with Crippen molar-refractivity contribution >= 4 is 30.1 Å². The molecule has 2 saturated heterocycles. The maximum absolute atomic E-state index is 12.9. The van der Waals surface area contributed by atoms with E-state index < -0.39 is 0 Å². The Labute approximate surface area is 149 Å². The van der Waals surface area contributed by atoms with E-state index in [1.807, 2.05) is 24.5 Å². The summed E-state index contributed by atoms with van der Waals surface area (Å²) in [4.78, 5) is 17.5. The average Bonchev–Trinajstić information content (AvgIpc) is 3.07. The number of carbonyl (C=O) groups excluding carboxylic acids is 1. The van der Waals surface area contributed by atoms with Crippen LogP contribution in [0, 0.1) is 0 Å². The molecule has 4 nitrogen and oxygen atoms in total. The van der Waals surface area contributed by atoms with Crippen LogP contribution in [-0.4, -0.2) is 67.3 Å². The fourth-order valence-electron chi connectivity index (χ4n) is 3.46. The Kier molecular flexibility index (Phi) is 7.21. The molecular formula is C17H26ClN3OS. The van der Waals surface area contributed by atoms with Crippen LogP contribution in [0.4, 0.5) is 0 Å². The number of hydrogen-bond acceptors (Lipinski definition) is 4. The van der Waals surface area contributed by atoms with E-state index in [-0.39, 0.29) is 23.6 Å². The van der Waals surface area contributed by atoms with E-state index in [2.05, 4.69) is 27.2 Å². The van der Waals surface area contributed by atoms with Crippen molar-refractivity contribution in [3.63, 3.8) is 0 Å². The minimum atomic E-state index is -0.0667. The van der Waals surface area contributed by atoms with Crippen molar-refractivity contribution in [1.82, 2.24) is 15.1 Å². The summed E-state index contributed by atoms with van der Waals surface area (Å²) >= 11 is 1.64. The summed E-state index contributed by atoms with van der Waals surface area (Å²) in [6.07, 6.45) is 3.14. The smallest absolute Gasteiger partial charge is 0.240 e. The molecule has 128 valence electrons. The first kappa shape index (κ1) is 18.6. The Hall–Kier alpha value is -0.750. The lowest BCUT2D eigenvalue weighted by Gasteiger charge is -2.32. The van der Waals surface area contributed by atoms with Crippen molar-refractivity contribution in [1.29, 1.82) is 0 Å². The van der Waals surface area contributed by atoms with E-state index in [1.165, 1.54) is 0 Å². The predicted molar refractivity (Wildman–Crippen MR) is 99.4 cm³/mol. The minimum absolute atomic E-state index is 0. The fraction of sp³-hybridized carbons (Fsp3) is 0.588. The molecule has 1 amide bonds. The number of thioether (sulfide) groups is 1. The Bertz CT molecular complexity index is 496. The number of nitrogens with one attached hydrogen (secondary N) is 1. The fourth-order valence-corrected chi connectivity index (χ4v) is 4.24. The topological polar surface area (TPSA) is 35.6 Å². The number of likely N-dealkylation sites (tertiary alicyclic amines) is 1. The van der Waals surface area contributed by atoms with Gasteiger partial charge in [0.2, 0.25) is 5.91 Å². The molecule has 1 N–H and O–H groups in total. The Morgan fingerprint density at radius 1 is 1.22 bits per heavy atom. The van der Waals surface area contributed by atoms with Crippen LogP contribution in [0.2, 0.25) is 0 Å². The van der Waals surface area contributed by atoms with Gasteiger partial charge in [-0.25, -0.2) is 0 Å². The van der Waals surface area contributed by atoms with Gasteiger partial charge >= 0.3 is 0 Å². The second kappa shape index (κ2) is 8.92. The first-order chi connectivity index (χ1) is 10.8. The Balaban J connectivity index is 0.00000192. The van der Waals surface area contributed by atoms with Gasteiger partial charge in [-0.05, 0) is 18.2 Å². The number of halogens is 1. The molecule has 1 aromatic rings. The normalized spacial score (nSPS) is 23.3. The number of benzene rings is 1. The number of carbonyl (C=O) groups is 1. The lowest BCUT2D eigenvalue weighted by molar-refractivity contribution is -0.129. The molecule has 2 unspecified atom stereocenters. The van der Waals surface area contributed by atoms with Crippen LogP contribution in [0.1, 0.15) is 17.2 Å².